The van der Waals surface area contributed by atoms with Crippen LogP contribution in [0.25, 0.3) is 0 Å². The minimum absolute atomic E-state index is 0.748. The standard InChI is InChI=1S/C11H15NO2S2/c1-11(10(13)14,9-3-2-6-16-9)12-4-7-15-8-5-12/h2-3,6H,4-5,7-8H2,1H3,(H,13,14). The van der Waals surface area contributed by atoms with Gasteiger partial charge in [0.25, 0.3) is 0 Å². The molecule has 1 aromatic heterocycles. The highest BCUT2D eigenvalue weighted by atomic mass is 32.2. The normalized spacial score (nSPS) is 21.6. The lowest BCUT2D eigenvalue weighted by molar-refractivity contribution is -0.150. The molecule has 0 saturated carbocycles. The number of carboxylic acid groups (broad SMARTS) is 1. The van der Waals surface area contributed by atoms with Crippen LogP contribution in [0.15, 0.2) is 17.5 Å². The third-order valence-electron chi connectivity index (χ3n) is 3.06. The third-order valence-corrected chi connectivity index (χ3v) is 5.08. The second kappa shape index (κ2) is 4.77. The molecule has 0 aromatic carbocycles. The van der Waals surface area contributed by atoms with Crippen LogP contribution in [0.4, 0.5) is 0 Å². The van der Waals surface area contributed by atoms with E-state index in [0.717, 1.165) is 29.5 Å². The van der Waals surface area contributed by atoms with E-state index in [4.69, 9.17) is 0 Å². The van der Waals surface area contributed by atoms with Crippen molar-refractivity contribution in [3.8, 4) is 0 Å². The molecule has 0 amide bonds. The van der Waals surface area contributed by atoms with Gasteiger partial charge in [-0.15, -0.1) is 11.3 Å². The number of aliphatic carboxylic acids is 1. The molecule has 5 heteroatoms. The zero-order valence-electron chi connectivity index (χ0n) is 9.18. The first-order chi connectivity index (χ1) is 7.65. The van der Waals surface area contributed by atoms with Crippen LogP contribution in [0.5, 0.6) is 0 Å². The van der Waals surface area contributed by atoms with Crippen molar-refractivity contribution in [2.45, 2.75) is 12.5 Å². The number of carboxylic acids is 1. The van der Waals surface area contributed by atoms with E-state index in [1.165, 1.54) is 11.3 Å². The van der Waals surface area contributed by atoms with Crippen LogP contribution in [-0.2, 0) is 10.3 Å². The highest BCUT2D eigenvalue weighted by Gasteiger charge is 2.42. The van der Waals surface area contributed by atoms with Crippen LogP contribution in [0.2, 0.25) is 0 Å². The number of thiophene rings is 1. The SMILES string of the molecule is CC(C(=O)O)(c1cccs1)N1CCSCC1. The second-order valence-corrected chi connectivity index (χ2v) is 6.13. The maximum absolute atomic E-state index is 11.6. The molecule has 1 unspecified atom stereocenters. The molecule has 2 rings (SSSR count). The number of nitrogens with zero attached hydrogens (tertiary/aromatic N) is 1. The van der Waals surface area contributed by atoms with Gasteiger partial charge in [0.15, 0.2) is 5.54 Å². The van der Waals surface area contributed by atoms with Crippen molar-refractivity contribution in [2.75, 3.05) is 24.6 Å². The Bertz CT molecular complexity index is 360. The van der Waals surface area contributed by atoms with E-state index in [-0.39, 0.29) is 0 Å². The molecule has 16 heavy (non-hydrogen) atoms. The topological polar surface area (TPSA) is 40.5 Å². The van der Waals surface area contributed by atoms with E-state index in [1.54, 1.807) is 0 Å². The van der Waals surface area contributed by atoms with Gasteiger partial charge in [0.05, 0.1) is 0 Å². The summed E-state index contributed by atoms with van der Waals surface area (Å²) in [6.07, 6.45) is 0. The molecule has 1 atom stereocenters. The summed E-state index contributed by atoms with van der Waals surface area (Å²) >= 11 is 3.42. The van der Waals surface area contributed by atoms with Crippen molar-refractivity contribution in [1.29, 1.82) is 0 Å². The molecule has 1 saturated heterocycles. The van der Waals surface area contributed by atoms with Crippen LogP contribution in [0, 0.1) is 0 Å². The van der Waals surface area contributed by atoms with Crippen molar-refractivity contribution >= 4 is 29.1 Å². The van der Waals surface area contributed by atoms with Gasteiger partial charge < -0.3 is 5.11 Å². The Labute approximate surface area is 103 Å². The van der Waals surface area contributed by atoms with Gasteiger partial charge in [-0.1, -0.05) is 6.07 Å². The quantitative estimate of drug-likeness (QED) is 0.900. The molecule has 3 nitrogen and oxygen atoms in total. The van der Waals surface area contributed by atoms with Gasteiger partial charge in [-0.3, -0.25) is 4.90 Å². The summed E-state index contributed by atoms with van der Waals surface area (Å²) in [4.78, 5) is 14.6. The van der Waals surface area contributed by atoms with Crippen molar-refractivity contribution in [2.24, 2.45) is 0 Å². The maximum atomic E-state index is 11.6. The van der Waals surface area contributed by atoms with Crippen molar-refractivity contribution < 1.29 is 9.90 Å². The fourth-order valence-corrected chi connectivity index (χ4v) is 3.77. The van der Waals surface area contributed by atoms with E-state index in [9.17, 15) is 9.90 Å². The van der Waals surface area contributed by atoms with E-state index in [2.05, 4.69) is 4.90 Å². The fourth-order valence-electron chi connectivity index (χ4n) is 1.96. The van der Waals surface area contributed by atoms with Crippen LogP contribution in [-0.4, -0.2) is 40.6 Å². The molecular weight excluding hydrogens is 242 g/mol. The Kier molecular flexibility index (Phi) is 3.56. The van der Waals surface area contributed by atoms with Crippen molar-refractivity contribution in [3.05, 3.63) is 22.4 Å². The molecule has 1 fully saturated rings. The summed E-state index contributed by atoms with van der Waals surface area (Å²) in [5.74, 6) is 1.30. The molecule has 1 aliphatic rings. The van der Waals surface area contributed by atoms with E-state index < -0.39 is 11.5 Å². The summed E-state index contributed by atoms with van der Waals surface area (Å²) in [5.41, 5.74) is -0.852. The maximum Gasteiger partial charge on any atom is 0.329 e. The fraction of sp³-hybridized carbons (Fsp3) is 0.545. The van der Waals surface area contributed by atoms with E-state index >= 15 is 0 Å². The Morgan fingerprint density at radius 2 is 2.19 bits per heavy atom. The predicted molar refractivity (Wildman–Crippen MR) is 68.2 cm³/mol. The van der Waals surface area contributed by atoms with E-state index in [1.807, 2.05) is 36.2 Å². The van der Waals surface area contributed by atoms with E-state index in [0.29, 0.717) is 0 Å². The minimum Gasteiger partial charge on any atom is -0.480 e. The first-order valence-corrected chi connectivity index (χ1v) is 7.29. The lowest BCUT2D eigenvalue weighted by Crippen LogP contribution is -2.52. The molecular formula is C11H15NO2S2. The average molecular weight is 257 g/mol. The van der Waals surface area contributed by atoms with Gasteiger partial charge in [-0.05, 0) is 18.4 Å². The van der Waals surface area contributed by atoms with Gasteiger partial charge >= 0.3 is 5.97 Å². The third kappa shape index (κ3) is 1.99. The molecule has 0 radical (unpaired) electrons. The summed E-state index contributed by atoms with van der Waals surface area (Å²) in [6.45, 7) is 3.52. The zero-order chi connectivity index (χ0) is 11.6. The zero-order valence-corrected chi connectivity index (χ0v) is 10.8. The number of hydrogen-bond donors (Lipinski definition) is 1. The molecule has 1 aromatic rings. The number of rotatable bonds is 3. The molecule has 88 valence electrons. The number of thioether (sulfide) groups is 1. The molecule has 0 bridgehead atoms. The van der Waals surface area contributed by atoms with Gasteiger partial charge in [0.2, 0.25) is 0 Å². The molecule has 2 heterocycles. The van der Waals surface area contributed by atoms with Crippen molar-refractivity contribution in [1.82, 2.24) is 4.90 Å². The second-order valence-electron chi connectivity index (χ2n) is 3.95. The van der Waals surface area contributed by atoms with Crippen LogP contribution < -0.4 is 0 Å². The minimum atomic E-state index is -0.852. The first-order valence-electron chi connectivity index (χ1n) is 5.26. The Morgan fingerprint density at radius 3 is 2.69 bits per heavy atom. The Balaban J connectivity index is 2.31. The molecule has 0 spiro atoms. The predicted octanol–water partition coefficient (Wildman–Crippen LogP) is 2.10. The smallest absolute Gasteiger partial charge is 0.329 e. The molecule has 0 aliphatic carbocycles. The number of hydrogen-bond acceptors (Lipinski definition) is 4. The summed E-state index contributed by atoms with van der Waals surface area (Å²) in [6, 6.07) is 3.83. The van der Waals surface area contributed by atoms with Gasteiger partial charge in [-0.2, -0.15) is 11.8 Å². The highest BCUT2D eigenvalue weighted by Crippen LogP contribution is 2.33. The summed E-state index contributed by atoms with van der Waals surface area (Å²) < 4.78 is 0. The largest absolute Gasteiger partial charge is 0.480 e. The van der Waals surface area contributed by atoms with Crippen LogP contribution in [0.1, 0.15) is 11.8 Å². The summed E-state index contributed by atoms with van der Waals surface area (Å²) in [7, 11) is 0. The number of carbonyl (C=O) groups is 1. The lowest BCUT2D eigenvalue weighted by Gasteiger charge is -2.39. The van der Waals surface area contributed by atoms with Gasteiger partial charge in [-0.25, -0.2) is 4.79 Å². The van der Waals surface area contributed by atoms with Gasteiger partial charge in [0.1, 0.15) is 0 Å². The van der Waals surface area contributed by atoms with Crippen molar-refractivity contribution in [3.63, 3.8) is 0 Å². The first kappa shape index (κ1) is 12.0. The molecule has 1 N–H and O–H groups in total. The monoisotopic (exact) mass is 257 g/mol. The molecule has 1 aliphatic heterocycles. The van der Waals surface area contributed by atoms with Crippen LogP contribution in [0.3, 0.4) is 0 Å². The highest BCUT2D eigenvalue weighted by molar-refractivity contribution is 7.99. The van der Waals surface area contributed by atoms with Gasteiger partial charge in [0, 0.05) is 29.5 Å². The Morgan fingerprint density at radius 1 is 1.50 bits per heavy atom. The lowest BCUT2D eigenvalue weighted by atomic mass is 9.97. The van der Waals surface area contributed by atoms with Crippen LogP contribution >= 0.6 is 23.1 Å². The average Bonchev–Trinajstić information content (AvgIpc) is 2.82. The summed E-state index contributed by atoms with van der Waals surface area (Å²) in [5, 5.41) is 11.5. The Hall–Kier alpha value is -0.520.